The van der Waals surface area contributed by atoms with Crippen LogP contribution in [0.2, 0.25) is 0 Å². The number of hydrogen-bond acceptors (Lipinski definition) is 3. The molecular formula is C12H22N4. The quantitative estimate of drug-likeness (QED) is 0.828. The molecule has 0 amide bonds. The molecule has 1 aromatic rings. The smallest absolute Gasteiger partial charge is 0.0764 e. The maximum absolute atomic E-state index is 4.46. The first-order chi connectivity index (χ1) is 7.64. The Kier molecular flexibility index (Phi) is 3.30. The van der Waals surface area contributed by atoms with E-state index in [4.69, 9.17) is 0 Å². The summed E-state index contributed by atoms with van der Waals surface area (Å²) in [6, 6.07) is 2.11. The Bertz CT molecular complexity index is 347. The molecule has 1 aliphatic rings. The van der Waals surface area contributed by atoms with E-state index in [9.17, 15) is 0 Å². The van der Waals surface area contributed by atoms with Gasteiger partial charge in [0.2, 0.25) is 0 Å². The van der Waals surface area contributed by atoms with Crippen molar-refractivity contribution in [2.75, 3.05) is 19.6 Å². The van der Waals surface area contributed by atoms with Crippen molar-refractivity contribution in [1.29, 1.82) is 0 Å². The third-order valence-corrected chi connectivity index (χ3v) is 3.71. The molecule has 0 bridgehead atoms. The molecule has 1 unspecified atom stereocenters. The molecule has 0 spiro atoms. The number of rotatable bonds is 3. The number of hydrogen-bond donors (Lipinski definition) is 1. The van der Waals surface area contributed by atoms with E-state index in [0.717, 1.165) is 26.2 Å². The molecule has 16 heavy (non-hydrogen) atoms. The first-order valence-electron chi connectivity index (χ1n) is 6.08. The van der Waals surface area contributed by atoms with Crippen LogP contribution in [0.3, 0.4) is 0 Å². The molecule has 1 N–H and O–H groups in total. The average molecular weight is 222 g/mol. The van der Waals surface area contributed by atoms with Crippen LogP contribution in [0.25, 0.3) is 0 Å². The van der Waals surface area contributed by atoms with Gasteiger partial charge >= 0.3 is 0 Å². The molecule has 90 valence electrons. The van der Waals surface area contributed by atoms with E-state index in [-0.39, 0.29) is 5.54 Å². The zero-order chi connectivity index (χ0) is 11.6. The van der Waals surface area contributed by atoms with Crippen LogP contribution in [-0.2, 0) is 13.6 Å². The number of nitrogens with one attached hydrogen (secondary N) is 1. The summed E-state index contributed by atoms with van der Waals surface area (Å²) in [7, 11) is 1.97. The molecule has 0 radical (unpaired) electrons. The topological polar surface area (TPSA) is 33.1 Å². The average Bonchev–Trinajstić information content (AvgIpc) is 2.68. The number of piperazine rings is 1. The van der Waals surface area contributed by atoms with Crippen molar-refractivity contribution < 1.29 is 0 Å². The highest BCUT2D eigenvalue weighted by Crippen LogP contribution is 2.22. The van der Waals surface area contributed by atoms with Crippen molar-refractivity contribution >= 4 is 0 Å². The predicted octanol–water partition coefficient (Wildman–Crippen LogP) is 0.994. The lowest BCUT2D eigenvalue weighted by Crippen LogP contribution is -2.58. The number of nitrogens with zero attached hydrogens (tertiary/aromatic N) is 3. The zero-order valence-electron chi connectivity index (χ0n) is 10.5. The minimum atomic E-state index is 0.274. The first kappa shape index (κ1) is 11.6. The van der Waals surface area contributed by atoms with Crippen LogP contribution < -0.4 is 5.32 Å². The van der Waals surface area contributed by atoms with Crippen LogP contribution in [0.4, 0.5) is 0 Å². The van der Waals surface area contributed by atoms with Crippen LogP contribution in [0.5, 0.6) is 0 Å². The van der Waals surface area contributed by atoms with Crippen molar-refractivity contribution in [2.24, 2.45) is 7.05 Å². The Balaban J connectivity index is 2.07. The summed E-state index contributed by atoms with van der Waals surface area (Å²) in [5.41, 5.74) is 1.44. The zero-order valence-corrected chi connectivity index (χ0v) is 10.5. The van der Waals surface area contributed by atoms with Crippen LogP contribution in [0, 0.1) is 0 Å². The van der Waals surface area contributed by atoms with Gasteiger partial charge in [0, 0.05) is 45.0 Å². The molecule has 1 atom stereocenters. The van der Waals surface area contributed by atoms with Gasteiger partial charge in [-0.15, -0.1) is 0 Å². The Morgan fingerprint density at radius 1 is 1.56 bits per heavy atom. The second kappa shape index (κ2) is 4.55. The maximum Gasteiger partial charge on any atom is 0.0764 e. The summed E-state index contributed by atoms with van der Waals surface area (Å²) < 4.78 is 1.88. The standard InChI is InChI=1S/C12H22N4/c1-4-12(2)10-13-6-8-16(12)9-11-5-7-15(3)14-11/h5,7,13H,4,6,8-10H2,1-3H3. The van der Waals surface area contributed by atoms with Gasteiger partial charge in [0.15, 0.2) is 0 Å². The fourth-order valence-corrected chi connectivity index (χ4v) is 2.31. The van der Waals surface area contributed by atoms with E-state index in [0.29, 0.717) is 0 Å². The molecule has 1 saturated heterocycles. The molecule has 1 aliphatic heterocycles. The van der Waals surface area contributed by atoms with Gasteiger partial charge < -0.3 is 5.32 Å². The van der Waals surface area contributed by atoms with Gasteiger partial charge in [-0.1, -0.05) is 6.92 Å². The fraction of sp³-hybridized carbons (Fsp3) is 0.750. The van der Waals surface area contributed by atoms with E-state index in [1.807, 2.05) is 17.9 Å². The summed E-state index contributed by atoms with van der Waals surface area (Å²) in [4.78, 5) is 2.55. The molecule has 0 saturated carbocycles. The summed E-state index contributed by atoms with van der Waals surface area (Å²) in [5.74, 6) is 0. The summed E-state index contributed by atoms with van der Waals surface area (Å²) >= 11 is 0. The van der Waals surface area contributed by atoms with Gasteiger partial charge in [0.1, 0.15) is 0 Å². The molecule has 2 heterocycles. The Labute approximate surface area is 97.6 Å². The summed E-state index contributed by atoms with van der Waals surface area (Å²) in [6.45, 7) is 8.84. The normalized spacial score (nSPS) is 27.2. The number of aryl methyl sites for hydroxylation is 1. The predicted molar refractivity (Wildman–Crippen MR) is 65.2 cm³/mol. The van der Waals surface area contributed by atoms with Gasteiger partial charge in [0.25, 0.3) is 0 Å². The van der Waals surface area contributed by atoms with Gasteiger partial charge in [-0.25, -0.2) is 0 Å². The highest BCUT2D eigenvalue weighted by atomic mass is 15.3. The van der Waals surface area contributed by atoms with Crippen LogP contribution in [0.1, 0.15) is 26.0 Å². The van der Waals surface area contributed by atoms with Crippen molar-refractivity contribution in [1.82, 2.24) is 20.0 Å². The molecule has 1 aromatic heterocycles. The Hall–Kier alpha value is -0.870. The highest BCUT2D eigenvalue weighted by Gasteiger charge is 2.32. The lowest BCUT2D eigenvalue weighted by Gasteiger charge is -2.44. The van der Waals surface area contributed by atoms with E-state index < -0.39 is 0 Å². The molecule has 0 aromatic carbocycles. The van der Waals surface area contributed by atoms with E-state index in [2.05, 4.69) is 35.2 Å². The van der Waals surface area contributed by atoms with Crippen molar-refractivity contribution in [3.8, 4) is 0 Å². The van der Waals surface area contributed by atoms with Gasteiger partial charge in [-0.05, 0) is 19.4 Å². The van der Waals surface area contributed by atoms with E-state index >= 15 is 0 Å². The molecule has 1 fully saturated rings. The fourth-order valence-electron chi connectivity index (χ4n) is 2.31. The third kappa shape index (κ3) is 2.28. The minimum absolute atomic E-state index is 0.274. The lowest BCUT2D eigenvalue weighted by molar-refractivity contribution is 0.0624. The van der Waals surface area contributed by atoms with Crippen LogP contribution in [-0.4, -0.2) is 39.9 Å². The maximum atomic E-state index is 4.46. The number of aromatic nitrogens is 2. The summed E-state index contributed by atoms with van der Waals surface area (Å²) in [5, 5.41) is 7.94. The molecular weight excluding hydrogens is 200 g/mol. The first-order valence-corrected chi connectivity index (χ1v) is 6.08. The second-order valence-corrected chi connectivity index (χ2v) is 4.93. The molecule has 0 aliphatic carbocycles. The molecule has 4 heteroatoms. The van der Waals surface area contributed by atoms with Crippen LogP contribution in [0.15, 0.2) is 12.3 Å². The van der Waals surface area contributed by atoms with Crippen molar-refractivity contribution in [3.63, 3.8) is 0 Å². The largest absolute Gasteiger partial charge is 0.314 e. The SMILES string of the molecule is CCC1(C)CNCCN1Cc1ccn(C)n1. The van der Waals surface area contributed by atoms with Gasteiger partial charge in [-0.3, -0.25) is 9.58 Å². The molecule has 4 nitrogen and oxygen atoms in total. The minimum Gasteiger partial charge on any atom is -0.314 e. The van der Waals surface area contributed by atoms with Crippen LogP contribution >= 0.6 is 0 Å². The highest BCUT2D eigenvalue weighted by molar-refractivity contribution is 5.02. The van der Waals surface area contributed by atoms with Gasteiger partial charge in [0.05, 0.1) is 5.69 Å². The van der Waals surface area contributed by atoms with Gasteiger partial charge in [-0.2, -0.15) is 5.10 Å². The lowest BCUT2D eigenvalue weighted by atomic mass is 9.94. The van der Waals surface area contributed by atoms with Crippen molar-refractivity contribution in [3.05, 3.63) is 18.0 Å². The Morgan fingerprint density at radius 2 is 2.38 bits per heavy atom. The Morgan fingerprint density at radius 3 is 3.00 bits per heavy atom. The van der Waals surface area contributed by atoms with E-state index in [1.165, 1.54) is 12.1 Å². The van der Waals surface area contributed by atoms with Crippen molar-refractivity contribution in [2.45, 2.75) is 32.4 Å². The third-order valence-electron chi connectivity index (χ3n) is 3.71. The monoisotopic (exact) mass is 222 g/mol. The van der Waals surface area contributed by atoms with E-state index in [1.54, 1.807) is 0 Å². The summed E-state index contributed by atoms with van der Waals surface area (Å²) in [6.07, 6.45) is 3.19. The molecule has 2 rings (SSSR count). The second-order valence-electron chi connectivity index (χ2n) is 4.93.